The van der Waals surface area contributed by atoms with Crippen molar-refractivity contribution in [2.75, 3.05) is 17.6 Å². The predicted octanol–water partition coefficient (Wildman–Crippen LogP) is 7.75. The average molecular weight is 371 g/mol. The van der Waals surface area contributed by atoms with Crippen molar-refractivity contribution in [1.29, 1.82) is 0 Å². The second-order valence-electron chi connectivity index (χ2n) is 9.04. The number of hydrogen-bond donors (Lipinski definition) is 2. The summed E-state index contributed by atoms with van der Waals surface area (Å²) in [5.41, 5.74) is 12.3. The zero-order valence-electron chi connectivity index (χ0n) is 17.7. The summed E-state index contributed by atoms with van der Waals surface area (Å²) in [6.45, 7) is 3.37. The van der Waals surface area contributed by atoms with Crippen LogP contribution in [0.5, 0.6) is 0 Å². The first-order valence-electron chi connectivity index (χ1n) is 12.0. The molecule has 2 nitrogen and oxygen atoms in total. The van der Waals surface area contributed by atoms with E-state index in [0.717, 1.165) is 12.2 Å². The maximum absolute atomic E-state index is 6.88. The Bertz CT molecular complexity index is 554. The molecular formula is C25H42N2. The van der Waals surface area contributed by atoms with Gasteiger partial charge in [-0.05, 0) is 55.6 Å². The van der Waals surface area contributed by atoms with Crippen LogP contribution in [0.1, 0.15) is 126 Å². The number of nitrogen functional groups attached to an aromatic ring is 1. The molecule has 1 aromatic carbocycles. The predicted molar refractivity (Wildman–Crippen MR) is 120 cm³/mol. The maximum Gasteiger partial charge on any atom is 0.0405 e. The van der Waals surface area contributed by atoms with Crippen LogP contribution in [0.4, 0.5) is 11.4 Å². The van der Waals surface area contributed by atoms with Gasteiger partial charge in [0.15, 0.2) is 0 Å². The molecule has 0 aliphatic heterocycles. The van der Waals surface area contributed by atoms with E-state index in [0.29, 0.717) is 11.8 Å². The van der Waals surface area contributed by atoms with E-state index < -0.39 is 0 Å². The Morgan fingerprint density at radius 2 is 1.44 bits per heavy atom. The van der Waals surface area contributed by atoms with E-state index in [-0.39, 0.29) is 0 Å². The molecule has 2 aliphatic rings. The van der Waals surface area contributed by atoms with Gasteiger partial charge in [0.1, 0.15) is 0 Å². The van der Waals surface area contributed by atoms with Gasteiger partial charge in [0.2, 0.25) is 0 Å². The summed E-state index contributed by atoms with van der Waals surface area (Å²) in [7, 11) is 0. The number of hydrogen-bond acceptors (Lipinski definition) is 2. The molecule has 0 atom stereocenters. The summed E-state index contributed by atoms with van der Waals surface area (Å²) in [4.78, 5) is 0. The Kier molecular flexibility index (Phi) is 8.35. The SMILES string of the molecule is CCCCCCCNc1ccc(C2CCCCC2)c(N)c1C1CCCCC1. The quantitative estimate of drug-likeness (QED) is 0.344. The van der Waals surface area contributed by atoms with Gasteiger partial charge in [-0.25, -0.2) is 0 Å². The van der Waals surface area contributed by atoms with Crippen molar-refractivity contribution in [3.8, 4) is 0 Å². The van der Waals surface area contributed by atoms with E-state index in [1.807, 2.05) is 0 Å². The van der Waals surface area contributed by atoms with Crippen LogP contribution in [0, 0.1) is 0 Å². The van der Waals surface area contributed by atoms with Crippen molar-refractivity contribution in [2.24, 2.45) is 0 Å². The highest BCUT2D eigenvalue weighted by Crippen LogP contribution is 2.44. The molecule has 0 bridgehead atoms. The lowest BCUT2D eigenvalue weighted by atomic mass is 9.78. The second-order valence-corrected chi connectivity index (χ2v) is 9.04. The van der Waals surface area contributed by atoms with Gasteiger partial charge in [-0.1, -0.05) is 77.2 Å². The van der Waals surface area contributed by atoms with E-state index in [4.69, 9.17) is 5.73 Å². The lowest BCUT2D eigenvalue weighted by Gasteiger charge is -2.30. The summed E-state index contributed by atoms with van der Waals surface area (Å²) in [6.07, 6.45) is 20.3. The molecule has 0 aromatic heterocycles. The molecule has 0 heterocycles. The Morgan fingerprint density at radius 3 is 2.11 bits per heavy atom. The fourth-order valence-electron chi connectivity index (χ4n) is 5.36. The number of nitrogens with two attached hydrogens (primary N) is 1. The third-order valence-corrected chi connectivity index (χ3v) is 6.98. The van der Waals surface area contributed by atoms with E-state index >= 15 is 0 Å². The third kappa shape index (κ3) is 5.65. The van der Waals surface area contributed by atoms with Crippen molar-refractivity contribution in [2.45, 2.75) is 115 Å². The fraction of sp³-hybridized carbons (Fsp3) is 0.760. The Hall–Kier alpha value is -1.18. The largest absolute Gasteiger partial charge is 0.398 e. The molecule has 1 aromatic rings. The monoisotopic (exact) mass is 370 g/mol. The summed E-state index contributed by atoms with van der Waals surface area (Å²) in [5.74, 6) is 1.37. The third-order valence-electron chi connectivity index (χ3n) is 6.98. The van der Waals surface area contributed by atoms with Crippen molar-refractivity contribution in [3.05, 3.63) is 23.3 Å². The number of anilines is 2. The number of rotatable bonds is 9. The van der Waals surface area contributed by atoms with Crippen molar-refractivity contribution >= 4 is 11.4 Å². The van der Waals surface area contributed by atoms with Gasteiger partial charge in [-0.3, -0.25) is 0 Å². The molecule has 27 heavy (non-hydrogen) atoms. The first-order valence-corrected chi connectivity index (χ1v) is 12.0. The Morgan fingerprint density at radius 1 is 0.815 bits per heavy atom. The van der Waals surface area contributed by atoms with Crippen LogP contribution >= 0.6 is 0 Å². The highest BCUT2D eigenvalue weighted by atomic mass is 14.9. The molecule has 2 aliphatic carbocycles. The zero-order chi connectivity index (χ0) is 18.9. The van der Waals surface area contributed by atoms with Gasteiger partial charge >= 0.3 is 0 Å². The van der Waals surface area contributed by atoms with Crippen molar-refractivity contribution in [1.82, 2.24) is 0 Å². The Labute approximate surface area is 167 Å². The van der Waals surface area contributed by atoms with Gasteiger partial charge in [-0.15, -0.1) is 0 Å². The molecule has 0 radical (unpaired) electrons. The van der Waals surface area contributed by atoms with Gasteiger partial charge in [0, 0.05) is 23.5 Å². The Balaban J connectivity index is 1.73. The summed E-state index contributed by atoms with van der Waals surface area (Å²) in [5, 5.41) is 3.78. The summed E-state index contributed by atoms with van der Waals surface area (Å²) in [6, 6.07) is 4.73. The van der Waals surface area contributed by atoms with E-state index in [2.05, 4.69) is 24.4 Å². The minimum absolute atomic E-state index is 0.671. The van der Waals surface area contributed by atoms with E-state index in [1.165, 1.54) is 113 Å². The average Bonchev–Trinajstić information content (AvgIpc) is 2.72. The smallest absolute Gasteiger partial charge is 0.0405 e. The van der Waals surface area contributed by atoms with Crippen molar-refractivity contribution < 1.29 is 0 Å². The second kappa shape index (κ2) is 11.0. The van der Waals surface area contributed by atoms with Gasteiger partial charge in [0.25, 0.3) is 0 Å². The topological polar surface area (TPSA) is 38.0 Å². The standard InChI is InChI=1S/C25H42N2/c1-2-3-4-5-12-19-27-23-18-17-22(20-13-8-6-9-14-20)25(26)24(23)21-15-10-7-11-16-21/h17-18,20-21,27H,2-16,19,26H2,1H3. The van der Waals surface area contributed by atoms with Gasteiger partial charge in [0.05, 0.1) is 0 Å². The molecule has 2 fully saturated rings. The first kappa shape index (κ1) is 20.6. The van der Waals surface area contributed by atoms with E-state index in [1.54, 1.807) is 0 Å². The highest BCUT2D eigenvalue weighted by Gasteiger charge is 2.25. The van der Waals surface area contributed by atoms with Crippen LogP contribution in [-0.2, 0) is 0 Å². The van der Waals surface area contributed by atoms with Crippen molar-refractivity contribution in [3.63, 3.8) is 0 Å². The van der Waals surface area contributed by atoms with E-state index in [9.17, 15) is 0 Å². The summed E-state index contributed by atoms with van der Waals surface area (Å²) >= 11 is 0. The minimum Gasteiger partial charge on any atom is -0.398 e. The fourth-order valence-corrected chi connectivity index (χ4v) is 5.36. The minimum atomic E-state index is 0.671. The highest BCUT2D eigenvalue weighted by molar-refractivity contribution is 5.69. The molecule has 2 heteroatoms. The maximum atomic E-state index is 6.88. The normalized spacial score (nSPS) is 19.3. The van der Waals surface area contributed by atoms with Crippen LogP contribution in [0.3, 0.4) is 0 Å². The molecule has 3 N–H and O–H groups in total. The van der Waals surface area contributed by atoms with Crippen LogP contribution in [0.15, 0.2) is 12.1 Å². The van der Waals surface area contributed by atoms with Crippen LogP contribution in [0.25, 0.3) is 0 Å². The van der Waals surface area contributed by atoms with Crippen LogP contribution in [-0.4, -0.2) is 6.54 Å². The number of unbranched alkanes of at least 4 members (excludes halogenated alkanes) is 4. The molecule has 0 unspecified atom stereocenters. The zero-order valence-corrected chi connectivity index (χ0v) is 17.7. The number of nitrogens with one attached hydrogen (secondary N) is 1. The molecule has 0 saturated heterocycles. The lowest BCUT2D eigenvalue weighted by Crippen LogP contribution is -2.15. The van der Waals surface area contributed by atoms with Gasteiger partial charge < -0.3 is 11.1 Å². The van der Waals surface area contributed by atoms with Crippen LogP contribution < -0.4 is 11.1 Å². The number of benzene rings is 1. The molecule has 0 spiro atoms. The first-order chi connectivity index (χ1) is 13.3. The summed E-state index contributed by atoms with van der Waals surface area (Å²) < 4.78 is 0. The molecule has 152 valence electrons. The molecular weight excluding hydrogens is 328 g/mol. The molecule has 3 rings (SSSR count). The van der Waals surface area contributed by atoms with Crippen LogP contribution in [0.2, 0.25) is 0 Å². The molecule has 2 saturated carbocycles. The van der Waals surface area contributed by atoms with Gasteiger partial charge in [-0.2, -0.15) is 0 Å². The molecule has 0 amide bonds. The lowest BCUT2D eigenvalue weighted by molar-refractivity contribution is 0.437.